The maximum atomic E-state index is 12.4. The lowest BCUT2D eigenvalue weighted by molar-refractivity contribution is -0.132. The number of rotatable bonds is 6. The molecule has 2 rings (SSSR count). The van der Waals surface area contributed by atoms with Gasteiger partial charge in [-0.15, -0.1) is 0 Å². The van der Waals surface area contributed by atoms with Crippen LogP contribution in [0.1, 0.15) is 52.2 Å². The number of imide groups is 1. The van der Waals surface area contributed by atoms with Crippen molar-refractivity contribution < 1.29 is 19.4 Å². The van der Waals surface area contributed by atoms with E-state index in [-0.39, 0.29) is 24.5 Å². The van der Waals surface area contributed by atoms with Crippen molar-refractivity contribution in [2.75, 3.05) is 13.2 Å². The minimum atomic E-state index is -0.953. The molecule has 0 aliphatic carbocycles. The molecule has 1 heterocycles. The molecule has 1 aromatic carbocycles. The average Bonchev–Trinajstić information content (AvgIpc) is 2.76. The molecule has 1 fully saturated rings. The van der Waals surface area contributed by atoms with E-state index < -0.39 is 17.7 Å². The summed E-state index contributed by atoms with van der Waals surface area (Å²) in [5.74, 6) is 0.377. The lowest BCUT2D eigenvalue weighted by Gasteiger charge is -2.22. The number of β-amino-alcohol motifs (C(OH)–C–C–N with tert-alkyl or cyclic N) is 1. The SMILES string of the molecule is CCC1(C)NC(=O)N(CC(O)COc2ccc(C(C)(C)C)cc2C)C1=O. The first-order valence-electron chi connectivity index (χ1n) is 9.04. The van der Waals surface area contributed by atoms with Gasteiger partial charge in [0, 0.05) is 0 Å². The van der Waals surface area contributed by atoms with E-state index in [1.54, 1.807) is 6.92 Å². The van der Waals surface area contributed by atoms with Gasteiger partial charge in [0.1, 0.15) is 24.0 Å². The van der Waals surface area contributed by atoms with Gasteiger partial charge in [0.25, 0.3) is 5.91 Å². The van der Waals surface area contributed by atoms with Gasteiger partial charge in [0.05, 0.1) is 6.54 Å². The highest BCUT2D eigenvalue weighted by molar-refractivity contribution is 6.06. The summed E-state index contributed by atoms with van der Waals surface area (Å²) in [6.07, 6.45) is -0.453. The van der Waals surface area contributed by atoms with E-state index in [0.717, 1.165) is 10.5 Å². The molecule has 1 saturated heterocycles. The molecule has 6 heteroatoms. The fraction of sp³-hybridized carbons (Fsp3) is 0.600. The molecule has 0 aromatic heterocycles. The van der Waals surface area contributed by atoms with Crippen LogP contribution in [0, 0.1) is 6.92 Å². The van der Waals surface area contributed by atoms with Crippen molar-refractivity contribution in [2.24, 2.45) is 0 Å². The van der Waals surface area contributed by atoms with Crippen molar-refractivity contribution >= 4 is 11.9 Å². The number of aliphatic hydroxyl groups excluding tert-OH is 1. The number of nitrogens with zero attached hydrogens (tertiary/aromatic N) is 1. The summed E-state index contributed by atoms with van der Waals surface area (Å²) in [5.41, 5.74) is 1.36. The van der Waals surface area contributed by atoms with Crippen molar-refractivity contribution in [1.29, 1.82) is 0 Å². The Bertz CT molecular complexity index is 696. The third-order valence-electron chi connectivity index (χ3n) is 4.92. The molecule has 0 radical (unpaired) electrons. The zero-order valence-corrected chi connectivity index (χ0v) is 16.5. The molecule has 26 heavy (non-hydrogen) atoms. The monoisotopic (exact) mass is 362 g/mol. The second-order valence-corrected chi connectivity index (χ2v) is 8.23. The van der Waals surface area contributed by atoms with Crippen LogP contribution in [0.4, 0.5) is 4.79 Å². The van der Waals surface area contributed by atoms with Gasteiger partial charge in [-0.2, -0.15) is 0 Å². The van der Waals surface area contributed by atoms with Gasteiger partial charge in [0.2, 0.25) is 0 Å². The molecule has 2 atom stereocenters. The van der Waals surface area contributed by atoms with Crippen LogP contribution in [0.5, 0.6) is 5.75 Å². The van der Waals surface area contributed by atoms with Crippen molar-refractivity contribution in [3.05, 3.63) is 29.3 Å². The lowest BCUT2D eigenvalue weighted by Crippen LogP contribution is -2.44. The molecule has 1 aliphatic rings. The normalized spacial score (nSPS) is 21.7. The first-order valence-corrected chi connectivity index (χ1v) is 9.04. The van der Waals surface area contributed by atoms with Crippen LogP contribution in [0.3, 0.4) is 0 Å². The first-order chi connectivity index (χ1) is 12.0. The lowest BCUT2D eigenvalue weighted by atomic mass is 9.86. The zero-order chi connectivity index (χ0) is 19.7. The van der Waals surface area contributed by atoms with Gasteiger partial charge in [-0.3, -0.25) is 9.69 Å². The van der Waals surface area contributed by atoms with E-state index in [4.69, 9.17) is 4.74 Å². The third-order valence-corrected chi connectivity index (χ3v) is 4.92. The van der Waals surface area contributed by atoms with E-state index >= 15 is 0 Å². The Kier molecular flexibility index (Phi) is 5.66. The van der Waals surface area contributed by atoms with Crippen LogP contribution < -0.4 is 10.1 Å². The molecule has 2 unspecified atom stereocenters. The summed E-state index contributed by atoms with van der Waals surface area (Å²) in [7, 11) is 0. The zero-order valence-electron chi connectivity index (χ0n) is 16.5. The Morgan fingerprint density at radius 2 is 1.96 bits per heavy atom. The number of hydrogen-bond donors (Lipinski definition) is 2. The number of ether oxygens (including phenoxy) is 1. The van der Waals surface area contributed by atoms with Gasteiger partial charge in [-0.25, -0.2) is 4.79 Å². The van der Waals surface area contributed by atoms with Gasteiger partial charge in [-0.05, 0) is 42.9 Å². The molecule has 1 aliphatic heterocycles. The van der Waals surface area contributed by atoms with Crippen LogP contribution in [-0.4, -0.2) is 46.7 Å². The van der Waals surface area contributed by atoms with E-state index in [1.165, 1.54) is 5.56 Å². The number of amides is 3. The Morgan fingerprint density at radius 3 is 2.46 bits per heavy atom. The van der Waals surface area contributed by atoms with Crippen molar-refractivity contribution in [1.82, 2.24) is 10.2 Å². The first kappa shape index (κ1) is 20.2. The summed E-state index contributed by atoms with van der Waals surface area (Å²) < 4.78 is 5.71. The number of hydrogen-bond acceptors (Lipinski definition) is 4. The third kappa shape index (κ3) is 4.18. The fourth-order valence-electron chi connectivity index (χ4n) is 2.88. The minimum Gasteiger partial charge on any atom is -0.491 e. The molecule has 1 aromatic rings. The van der Waals surface area contributed by atoms with Gasteiger partial charge in [-0.1, -0.05) is 39.8 Å². The smallest absolute Gasteiger partial charge is 0.325 e. The Balaban J connectivity index is 1.96. The topological polar surface area (TPSA) is 78.9 Å². The van der Waals surface area contributed by atoms with E-state index in [9.17, 15) is 14.7 Å². The standard InChI is InChI=1S/C20H30N2O4/c1-7-20(6)17(24)22(18(25)21-20)11-15(23)12-26-16-9-8-14(10-13(16)2)19(3,4)5/h8-10,15,23H,7,11-12H2,1-6H3,(H,21,25). The molecular weight excluding hydrogens is 332 g/mol. The molecule has 0 spiro atoms. The van der Waals surface area contributed by atoms with E-state index in [2.05, 4.69) is 32.2 Å². The minimum absolute atomic E-state index is 0.00953. The number of aliphatic hydroxyl groups is 1. The number of benzene rings is 1. The summed E-state index contributed by atoms with van der Waals surface area (Å²) in [6.45, 7) is 11.9. The molecule has 6 nitrogen and oxygen atoms in total. The second kappa shape index (κ2) is 7.27. The Labute approximate surface area is 155 Å². The van der Waals surface area contributed by atoms with Crippen LogP contribution >= 0.6 is 0 Å². The number of carbonyl (C=O) groups excluding carboxylic acids is 2. The summed E-state index contributed by atoms with van der Waals surface area (Å²) in [5, 5.41) is 12.9. The summed E-state index contributed by atoms with van der Waals surface area (Å²) >= 11 is 0. The number of carbonyl (C=O) groups is 2. The predicted octanol–water partition coefficient (Wildman–Crippen LogP) is 2.75. The highest BCUT2D eigenvalue weighted by Crippen LogP contribution is 2.27. The Hall–Kier alpha value is -2.08. The molecular formula is C20H30N2O4. The maximum absolute atomic E-state index is 12.4. The predicted molar refractivity (Wildman–Crippen MR) is 100 cm³/mol. The average molecular weight is 362 g/mol. The Morgan fingerprint density at radius 1 is 1.31 bits per heavy atom. The molecule has 0 bridgehead atoms. The second-order valence-electron chi connectivity index (χ2n) is 8.23. The highest BCUT2D eigenvalue weighted by atomic mass is 16.5. The van der Waals surface area contributed by atoms with Gasteiger partial charge < -0.3 is 15.2 Å². The van der Waals surface area contributed by atoms with Crippen molar-refractivity contribution in [3.8, 4) is 5.75 Å². The van der Waals surface area contributed by atoms with Gasteiger partial charge in [0.15, 0.2) is 0 Å². The van der Waals surface area contributed by atoms with Crippen molar-refractivity contribution in [3.63, 3.8) is 0 Å². The molecule has 0 saturated carbocycles. The van der Waals surface area contributed by atoms with Crippen LogP contribution in [0.15, 0.2) is 18.2 Å². The summed E-state index contributed by atoms with van der Waals surface area (Å²) in [4.78, 5) is 25.4. The molecule has 2 N–H and O–H groups in total. The number of nitrogens with one attached hydrogen (secondary N) is 1. The van der Waals surface area contributed by atoms with Crippen LogP contribution in [-0.2, 0) is 10.2 Å². The van der Waals surface area contributed by atoms with E-state index in [1.807, 2.05) is 26.0 Å². The van der Waals surface area contributed by atoms with Crippen molar-refractivity contribution in [2.45, 2.75) is 65.0 Å². The maximum Gasteiger partial charge on any atom is 0.325 e. The highest BCUT2D eigenvalue weighted by Gasteiger charge is 2.46. The molecule has 144 valence electrons. The quantitative estimate of drug-likeness (QED) is 0.763. The largest absolute Gasteiger partial charge is 0.491 e. The van der Waals surface area contributed by atoms with E-state index in [0.29, 0.717) is 12.2 Å². The van der Waals surface area contributed by atoms with Gasteiger partial charge >= 0.3 is 6.03 Å². The molecule has 3 amide bonds. The summed E-state index contributed by atoms with van der Waals surface area (Å²) in [6, 6.07) is 5.51. The number of aryl methyl sites for hydroxylation is 1. The number of urea groups is 1. The fourth-order valence-corrected chi connectivity index (χ4v) is 2.88. The van der Waals surface area contributed by atoms with Crippen LogP contribution in [0.25, 0.3) is 0 Å². The van der Waals surface area contributed by atoms with Crippen LogP contribution in [0.2, 0.25) is 0 Å².